The molecule has 1 atom stereocenters. The average Bonchev–Trinajstić information content (AvgIpc) is 2.65. The Labute approximate surface area is 87.1 Å². The lowest BCUT2D eigenvalue weighted by Gasteiger charge is -2.10. The van der Waals surface area contributed by atoms with Crippen LogP contribution in [-0.2, 0) is 7.05 Å². The van der Waals surface area contributed by atoms with E-state index in [1.165, 1.54) is 0 Å². The first-order valence-corrected chi connectivity index (χ1v) is 4.56. The molecule has 1 aromatic heterocycles. The van der Waals surface area contributed by atoms with Gasteiger partial charge in [0.1, 0.15) is 6.10 Å². The topological polar surface area (TPSA) is 77.0 Å². The van der Waals surface area contributed by atoms with Crippen LogP contribution in [0.5, 0.6) is 0 Å². The minimum Gasteiger partial charge on any atom is -0.399 e. The molecule has 2 aromatic rings. The van der Waals surface area contributed by atoms with Gasteiger partial charge in [0.25, 0.3) is 0 Å². The van der Waals surface area contributed by atoms with E-state index in [-0.39, 0.29) is 0 Å². The molecule has 0 aliphatic carbocycles. The van der Waals surface area contributed by atoms with Gasteiger partial charge in [-0.25, -0.2) is 4.68 Å². The molecule has 0 radical (unpaired) electrons. The SMILES string of the molecule is Cn1nncc1C(O)c1ccc(N)cc1. The fourth-order valence-corrected chi connectivity index (χ4v) is 1.39. The molecule has 0 aliphatic rings. The summed E-state index contributed by atoms with van der Waals surface area (Å²) < 4.78 is 1.54. The van der Waals surface area contributed by atoms with Gasteiger partial charge in [-0.15, -0.1) is 5.10 Å². The van der Waals surface area contributed by atoms with Gasteiger partial charge >= 0.3 is 0 Å². The Morgan fingerprint density at radius 1 is 1.33 bits per heavy atom. The highest BCUT2D eigenvalue weighted by atomic mass is 16.3. The van der Waals surface area contributed by atoms with Crippen LogP contribution in [0.25, 0.3) is 0 Å². The first-order chi connectivity index (χ1) is 7.18. The third kappa shape index (κ3) is 1.82. The van der Waals surface area contributed by atoms with Crippen molar-refractivity contribution in [3.8, 4) is 0 Å². The van der Waals surface area contributed by atoms with E-state index in [2.05, 4.69) is 10.3 Å². The van der Waals surface area contributed by atoms with Gasteiger partial charge < -0.3 is 10.8 Å². The summed E-state index contributed by atoms with van der Waals surface area (Å²) >= 11 is 0. The summed E-state index contributed by atoms with van der Waals surface area (Å²) in [6, 6.07) is 7.07. The maximum atomic E-state index is 10.0. The van der Waals surface area contributed by atoms with Crippen LogP contribution in [0.2, 0.25) is 0 Å². The maximum Gasteiger partial charge on any atom is 0.122 e. The number of nitrogen functional groups attached to an aromatic ring is 1. The second-order valence-corrected chi connectivity index (χ2v) is 3.35. The molecule has 3 N–H and O–H groups in total. The van der Waals surface area contributed by atoms with E-state index in [0.717, 1.165) is 5.56 Å². The molecule has 0 bridgehead atoms. The molecule has 1 heterocycles. The van der Waals surface area contributed by atoms with Crippen LogP contribution in [0.1, 0.15) is 17.4 Å². The molecular formula is C10H12N4O. The van der Waals surface area contributed by atoms with Crippen molar-refractivity contribution in [2.75, 3.05) is 5.73 Å². The Balaban J connectivity index is 2.32. The summed E-state index contributed by atoms with van der Waals surface area (Å²) in [6.45, 7) is 0. The largest absolute Gasteiger partial charge is 0.399 e. The monoisotopic (exact) mass is 204 g/mol. The number of aliphatic hydroxyl groups excluding tert-OH is 1. The van der Waals surface area contributed by atoms with Crippen LogP contribution in [0.4, 0.5) is 5.69 Å². The summed E-state index contributed by atoms with van der Waals surface area (Å²) in [7, 11) is 1.74. The molecule has 0 aliphatic heterocycles. The molecule has 1 unspecified atom stereocenters. The van der Waals surface area contributed by atoms with Crippen molar-refractivity contribution < 1.29 is 5.11 Å². The fraction of sp³-hybridized carbons (Fsp3) is 0.200. The lowest BCUT2D eigenvalue weighted by Crippen LogP contribution is -2.06. The zero-order chi connectivity index (χ0) is 10.8. The van der Waals surface area contributed by atoms with E-state index < -0.39 is 6.10 Å². The van der Waals surface area contributed by atoms with E-state index in [0.29, 0.717) is 11.4 Å². The summed E-state index contributed by atoms with van der Waals surface area (Å²) in [4.78, 5) is 0. The van der Waals surface area contributed by atoms with E-state index in [9.17, 15) is 5.11 Å². The number of nitrogens with zero attached hydrogens (tertiary/aromatic N) is 3. The Bertz CT molecular complexity index is 449. The second-order valence-electron chi connectivity index (χ2n) is 3.35. The second kappa shape index (κ2) is 3.70. The van der Waals surface area contributed by atoms with Crippen molar-refractivity contribution in [2.45, 2.75) is 6.10 Å². The fourth-order valence-electron chi connectivity index (χ4n) is 1.39. The molecule has 5 nitrogen and oxygen atoms in total. The van der Waals surface area contributed by atoms with Crippen molar-refractivity contribution in [1.82, 2.24) is 15.0 Å². The first kappa shape index (κ1) is 9.67. The van der Waals surface area contributed by atoms with E-state index >= 15 is 0 Å². The normalized spacial score (nSPS) is 12.7. The standard InChI is InChI=1S/C10H12N4O/c1-14-9(6-12-13-14)10(15)7-2-4-8(11)5-3-7/h2-6,10,15H,11H2,1H3. The third-order valence-corrected chi connectivity index (χ3v) is 2.28. The number of hydrogen-bond donors (Lipinski definition) is 2. The molecule has 0 saturated carbocycles. The minimum atomic E-state index is -0.717. The maximum absolute atomic E-state index is 10.0. The van der Waals surface area contributed by atoms with E-state index in [4.69, 9.17) is 5.73 Å². The van der Waals surface area contributed by atoms with Gasteiger partial charge in [-0.05, 0) is 17.7 Å². The lowest BCUT2D eigenvalue weighted by molar-refractivity contribution is 0.210. The number of rotatable bonds is 2. The number of anilines is 1. The smallest absolute Gasteiger partial charge is 0.122 e. The Morgan fingerprint density at radius 3 is 2.53 bits per heavy atom. The molecule has 78 valence electrons. The van der Waals surface area contributed by atoms with Crippen LogP contribution in [0.3, 0.4) is 0 Å². The molecule has 0 saturated heterocycles. The third-order valence-electron chi connectivity index (χ3n) is 2.28. The Hall–Kier alpha value is -1.88. The summed E-state index contributed by atoms with van der Waals surface area (Å²) in [6.07, 6.45) is 0.826. The molecular weight excluding hydrogens is 192 g/mol. The highest BCUT2D eigenvalue weighted by Crippen LogP contribution is 2.20. The Kier molecular flexibility index (Phi) is 2.39. The Morgan fingerprint density at radius 2 is 2.00 bits per heavy atom. The minimum absolute atomic E-state index is 0.653. The van der Waals surface area contributed by atoms with E-state index in [1.807, 2.05) is 0 Å². The summed E-state index contributed by atoms with van der Waals surface area (Å²) in [5, 5.41) is 17.5. The van der Waals surface area contributed by atoms with E-state index in [1.54, 1.807) is 42.2 Å². The summed E-state index contributed by atoms with van der Waals surface area (Å²) in [5.74, 6) is 0. The van der Waals surface area contributed by atoms with Crippen LogP contribution >= 0.6 is 0 Å². The van der Waals surface area contributed by atoms with Gasteiger partial charge in [-0.3, -0.25) is 0 Å². The van der Waals surface area contributed by atoms with Crippen LogP contribution < -0.4 is 5.73 Å². The quantitative estimate of drug-likeness (QED) is 0.697. The number of aliphatic hydroxyl groups is 1. The molecule has 1 aromatic carbocycles. The molecule has 0 fully saturated rings. The van der Waals surface area contributed by atoms with Crippen LogP contribution in [-0.4, -0.2) is 20.1 Å². The van der Waals surface area contributed by atoms with Crippen LogP contribution in [0, 0.1) is 0 Å². The molecule has 15 heavy (non-hydrogen) atoms. The number of aryl methyl sites for hydroxylation is 1. The van der Waals surface area contributed by atoms with Gasteiger partial charge in [0.05, 0.1) is 11.9 Å². The summed E-state index contributed by atoms with van der Waals surface area (Å²) in [5.41, 5.74) is 7.66. The van der Waals surface area contributed by atoms with Gasteiger partial charge in [0.2, 0.25) is 0 Å². The molecule has 0 amide bonds. The molecule has 0 spiro atoms. The number of aromatic nitrogens is 3. The number of benzene rings is 1. The number of nitrogens with two attached hydrogens (primary N) is 1. The lowest BCUT2D eigenvalue weighted by atomic mass is 10.1. The molecule has 5 heteroatoms. The van der Waals surface area contributed by atoms with Crippen molar-refractivity contribution in [3.63, 3.8) is 0 Å². The van der Waals surface area contributed by atoms with Gasteiger partial charge in [0.15, 0.2) is 0 Å². The zero-order valence-corrected chi connectivity index (χ0v) is 8.33. The van der Waals surface area contributed by atoms with Gasteiger partial charge in [0, 0.05) is 12.7 Å². The average molecular weight is 204 g/mol. The van der Waals surface area contributed by atoms with Gasteiger partial charge in [-0.2, -0.15) is 0 Å². The zero-order valence-electron chi connectivity index (χ0n) is 8.33. The van der Waals surface area contributed by atoms with Crippen molar-refractivity contribution in [2.24, 2.45) is 7.05 Å². The first-order valence-electron chi connectivity index (χ1n) is 4.56. The van der Waals surface area contributed by atoms with Crippen molar-refractivity contribution in [3.05, 3.63) is 41.7 Å². The van der Waals surface area contributed by atoms with Gasteiger partial charge in [-0.1, -0.05) is 17.3 Å². The highest BCUT2D eigenvalue weighted by Gasteiger charge is 2.14. The van der Waals surface area contributed by atoms with Crippen LogP contribution in [0.15, 0.2) is 30.5 Å². The van der Waals surface area contributed by atoms with Crippen molar-refractivity contribution in [1.29, 1.82) is 0 Å². The van der Waals surface area contributed by atoms with Crippen molar-refractivity contribution >= 4 is 5.69 Å². The number of hydrogen-bond acceptors (Lipinski definition) is 4. The highest BCUT2D eigenvalue weighted by molar-refractivity contribution is 5.40. The predicted molar refractivity (Wildman–Crippen MR) is 55.9 cm³/mol. The molecule has 2 rings (SSSR count). The predicted octanol–water partition coefficient (Wildman–Crippen LogP) is 0.479.